The van der Waals surface area contributed by atoms with Gasteiger partial charge in [-0.3, -0.25) is 14.4 Å². The van der Waals surface area contributed by atoms with Crippen LogP contribution in [0.1, 0.15) is 65.3 Å². The molecule has 1 saturated carbocycles. The Balaban J connectivity index is 1.37. The second-order valence-corrected chi connectivity index (χ2v) is 9.35. The third-order valence-electron chi connectivity index (χ3n) is 6.39. The van der Waals surface area contributed by atoms with Gasteiger partial charge >= 0.3 is 6.18 Å². The average molecular weight is 517 g/mol. The first kappa shape index (κ1) is 27.9. The molecular formula is C27H31F3N4O3. The van der Waals surface area contributed by atoms with Gasteiger partial charge in [0.15, 0.2) is 0 Å². The summed E-state index contributed by atoms with van der Waals surface area (Å²) in [5.41, 5.74) is 0.0129. The maximum atomic E-state index is 12.8. The van der Waals surface area contributed by atoms with Gasteiger partial charge in [-0.15, -0.1) is 0 Å². The molecule has 1 aliphatic carbocycles. The third-order valence-corrected chi connectivity index (χ3v) is 6.39. The fraction of sp³-hybridized carbons (Fsp3) is 0.407. The van der Waals surface area contributed by atoms with Gasteiger partial charge in [-0.25, -0.2) is 0 Å². The zero-order valence-electron chi connectivity index (χ0n) is 20.5. The Bertz CT molecular complexity index is 1110. The van der Waals surface area contributed by atoms with Crippen molar-refractivity contribution >= 4 is 23.4 Å². The number of carbonyl (C=O) groups is 3. The molecule has 1 atom stereocenters. The van der Waals surface area contributed by atoms with Crippen molar-refractivity contribution < 1.29 is 27.6 Å². The Morgan fingerprint density at radius 2 is 1.59 bits per heavy atom. The van der Waals surface area contributed by atoms with Crippen molar-refractivity contribution in [1.29, 1.82) is 5.41 Å². The fourth-order valence-corrected chi connectivity index (χ4v) is 4.42. The number of carbonyl (C=O) groups excluding carboxylic acids is 3. The topological polar surface area (TPSA) is 111 Å². The van der Waals surface area contributed by atoms with E-state index in [9.17, 15) is 27.6 Å². The van der Waals surface area contributed by atoms with Crippen LogP contribution >= 0.6 is 0 Å². The van der Waals surface area contributed by atoms with Crippen LogP contribution in [0.15, 0.2) is 54.6 Å². The van der Waals surface area contributed by atoms with Crippen LogP contribution in [0.2, 0.25) is 0 Å². The number of rotatable bonds is 9. The summed E-state index contributed by atoms with van der Waals surface area (Å²) in [6, 6.07) is 12.7. The van der Waals surface area contributed by atoms with Gasteiger partial charge in [-0.05, 0) is 68.9 Å². The predicted octanol–water partition coefficient (Wildman–Crippen LogP) is 4.34. The molecule has 2 aromatic carbocycles. The molecular weight excluding hydrogens is 485 g/mol. The van der Waals surface area contributed by atoms with E-state index in [0.717, 1.165) is 43.9 Å². The van der Waals surface area contributed by atoms with E-state index in [-0.39, 0.29) is 36.0 Å². The number of amides is 3. The normalized spacial score (nSPS) is 18.4. The first-order chi connectivity index (χ1) is 17.5. The summed E-state index contributed by atoms with van der Waals surface area (Å²) in [5, 5.41) is 16.5. The number of nitrogens with one attached hydrogen (secondary N) is 4. The van der Waals surface area contributed by atoms with Gasteiger partial charge in [-0.1, -0.05) is 24.3 Å². The molecule has 1 fully saturated rings. The summed E-state index contributed by atoms with van der Waals surface area (Å²) >= 11 is 0. The van der Waals surface area contributed by atoms with E-state index in [0.29, 0.717) is 17.7 Å². The van der Waals surface area contributed by atoms with Crippen molar-refractivity contribution in [3.8, 4) is 0 Å². The minimum atomic E-state index is -4.57. The number of halogens is 3. The molecule has 198 valence electrons. The van der Waals surface area contributed by atoms with Crippen LogP contribution in [0.5, 0.6) is 0 Å². The molecule has 7 nitrogen and oxygen atoms in total. The Hall–Kier alpha value is -3.69. The molecule has 3 amide bonds. The lowest BCUT2D eigenvalue weighted by molar-refractivity contribution is -0.137. The van der Waals surface area contributed by atoms with Crippen LogP contribution in [0.4, 0.5) is 13.2 Å². The van der Waals surface area contributed by atoms with Crippen molar-refractivity contribution in [1.82, 2.24) is 16.0 Å². The molecule has 10 heteroatoms. The van der Waals surface area contributed by atoms with Crippen LogP contribution in [-0.2, 0) is 11.0 Å². The Labute approximate surface area is 213 Å². The van der Waals surface area contributed by atoms with E-state index in [2.05, 4.69) is 16.0 Å². The summed E-state index contributed by atoms with van der Waals surface area (Å²) in [4.78, 5) is 36.7. The molecule has 0 radical (unpaired) electrons. The monoisotopic (exact) mass is 516 g/mol. The molecule has 1 aliphatic rings. The quantitative estimate of drug-likeness (QED) is 0.372. The van der Waals surface area contributed by atoms with Gasteiger partial charge in [0.25, 0.3) is 11.8 Å². The van der Waals surface area contributed by atoms with Crippen molar-refractivity contribution in [2.24, 2.45) is 5.92 Å². The Morgan fingerprint density at radius 1 is 0.946 bits per heavy atom. The number of alkyl halides is 3. The van der Waals surface area contributed by atoms with E-state index < -0.39 is 23.6 Å². The Kier molecular flexibility index (Phi) is 9.43. The summed E-state index contributed by atoms with van der Waals surface area (Å²) in [6.45, 7) is 1.37. The molecule has 0 saturated heterocycles. The molecule has 0 aromatic heterocycles. The van der Waals surface area contributed by atoms with Crippen LogP contribution in [0, 0.1) is 11.3 Å². The molecule has 3 rings (SSSR count). The van der Waals surface area contributed by atoms with E-state index in [4.69, 9.17) is 5.41 Å². The highest BCUT2D eigenvalue weighted by atomic mass is 19.4. The molecule has 0 spiro atoms. The minimum absolute atomic E-state index is 0.0642. The highest BCUT2D eigenvalue weighted by Crippen LogP contribution is 2.29. The molecule has 2 aromatic rings. The summed E-state index contributed by atoms with van der Waals surface area (Å²) < 4.78 is 38.5. The van der Waals surface area contributed by atoms with Gasteiger partial charge in [-0.2, -0.15) is 13.2 Å². The van der Waals surface area contributed by atoms with Crippen molar-refractivity contribution in [3.63, 3.8) is 0 Å². The largest absolute Gasteiger partial charge is 0.416 e. The number of hydrogen-bond donors (Lipinski definition) is 4. The number of hydrogen-bond acceptors (Lipinski definition) is 4. The molecule has 0 bridgehead atoms. The van der Waals surface area contributed by atoms with E-state index in [1.54, 1.807) is 19.1 Å². The Morgan fingerprint density at radius 3 is 2.24 bits per heavy atom. The summed E-state index contributed by atoms with van der Waals surface area (Å²) in [5.74, 6) is -1.30. The van der Waals surface area contributed by atoms with Crippen molar-refractivity contribution in [3.05, 3.63) is 71.3 Å². The zero-order valence-corrected chi connectivity index (χ0v) is 20.5. The first-order valence-electron chi connectivity index (χ1n) is 12.2. The smallest absolute Gasteiger partial charge is 0.352 e. The lowest BCUT2D eigenvalue weighted by atomic mass is 9.81. The predicted molar refractivity (Wildman–Crippen MR) is 133 cm³/mol. The summed E-state index contributed by atoms with van der Waals surface area (Å²) in [7, 11) is 0. The molecule has 0 heterocycles. The lowest BCUT2D eigenvalue weighted by Crippen LogP contribution is -2.42. The highest BCUT2D eigenvalue weighted by Gasteiger charge is 2.31. The van der Waals surface area contributed by atoms with Gasteiger partial charge in [0, 0.05) is 35.3 Å². The van der Waals surface area contributed by atoms with Gasteiger partial charge < -0.3 is 21.4 Å². The van der Waals surface area contributed by atoms with Crippen LogP contribution in [0.25, 0.3) is 0 Å². The molecule has 0 unspecified atom stereocenters. The van der Waals surface area contributed by atoms with E-state index in [1.165, 1.54) is 6.07 Å². The van der Waals surface area contributed by atoms with Gasteiger partial charge in [0.1, 0.15) is 0 Å². The van der Waals surface area contributed by atoms with Gasteiger partial charge in [0.2, 0.25) is 5.91 Å². The van der Waals surface area contributed by atoms with Crippen molar-refractivity contribution in [2.45, 2.75) is 57.3 Å². The van der Waals surface area contributed by atoms with Crippen LogP contribution in [0.3, 0.4) is 0 Å². The van der Waals surface area contributed by atoms with Crippen LogP contribution in [-0.4, -0.2) is 42.1 Å². The molecule has 37 heavy (non-hydrogen) atoms. The standard InChI is InChI=1S/C27H31F3N4O3/c1-17(33-24(35)16-32-25(36)20-8-5-9-21(15-20)27(28,29)30)14-23(31)18-10-12-22(13-11-18)34-26(37)19-6-3-2-4-7-19/h2-9,15,17-18,22,31H,10-14,16H2,1H3,(H,32,36)(H,33,35)(H,34,37)/t17-,18?,22?/m1/s1. The van der Waals surface area contributed by atoms with E-state index >= 15 is 0 Å². The lowest BCUT2D eigenvalue weighted by Gasteiger charge is -2.30. The molecule has 0 aliphatic heterocycles. The average Bonchev–Trinajstić information content (AvgIpc) is 2.87. The minimum Gasteiger partial charge on any atom is -0.352 e. The molecule has 4 N–H and O–H groups in total. The summed E-state index contributed by atoms with van der Waals surface area (Å²) in [6.07, 6.45) is -1.14. The first-order valence-corrected chi connectivity index (χ1v) is 12.2. The number of benzene rings is 2. The second kappa shape index (κ2) is 12.5. The van der Waals surface area contributed by atoms with E-state index in [1.807, 2.05) is 18.2 Å². The maximum Gasteiger partial charge on any atom is 0.416 e. The van der Waals surface area contributed by atoms with Gasteiger partial charge in [0.05, 0.1) is 12.1 Å². The SMILES string of the molecule is C[C@H](CC(=N)C1CCC(NC(=O)c2ccccc2)CC1)NC(=O)CNC(=O)c1cccc(C(F)(F)F)c1. The maximum absolute atomic E-state index is 12.8. The third kappa shape index (κ3) is 8.44. The highest BCUT2D eigenvalue weighted by molar-refractivity contribution is 5.97. The zero-order chi connectivity index (χ0) is 27.0. The van der Waals surface area contributed by atoms with Crippen molar-refractivity contribution in [2.75, 3.05) is 6.54 Å². The van der Waals surface area contributed by atoms with Crippen LogP contribution < -0.4 is 16.0 Å². The second-order valence-electron chi connectivity index (χ2n) is 9.35. The fourth-order valence-electron chi connectivity index (χ4n) is 4.42.